The number of hydrogen-bond donors (Lipinski definition) is 1. The maximum absolute atomic E-state index is 10.3. The van der Waals surface area contributed by atoms with Gasteiger partial charge in [-0.15, -0.1) is 11.3 Å². The van der Waals surface area contributed by atoms with Gasteiger partial charge >= 0.3 is 0 Å². The van der Waals surface area contributed by atoms with Gasteiger partial charge in [0, 0.05) is 4.88 Å². The summed E-state index contributed by atoms with van der Waals surface area (Å²) in [4.78, 5) is 1.02. The quantitative estimate of drug-likeness (QED) is 0.764. The zero-order chi connectivity index (χ0) is 9.64. The Balaban J connectivity index is 2.27. The predicted octanol–water partition coefficient (Wildman–Crippen LogP) is 3.27. The fraction of sp³-hybridized carbons (Fsp3) is 0.600. The average Bonchev–Trinajstić information content (AvgIpc) is 2.51. The molecule has 1 aliphatic rings. The number of hydrogen-bond acceptors (Lipinski definition) is 2. The molecule has 0 aromatic carbocycles. The fourth-order valence-corrected chi connectivity index (χ4v) is 3.28. The Labute approximate surface area is 87.4 Å². The highest BCUT2D eigenvalue weighted by Gasteiger charge is 2.49. The lowest BCUT2D eigenvalue weighted by Crippen LogP contribution is -2.48. The van der Waals surface area contributed by atoms with Crippen LogP contribution in [-0.2, 0) is 5.60 Å². The van der Waals surface area contributed by atoms with Crippen LogP contribution in [0.15, 0.2) is 12.1 Å². The topological polar surface area (TPSA) is 20.2 Å². The van der Waals surface area contributed by atoms with Gasteiger partial charge in [0.05, 0.1) is 4.34 Å². The maximum atomic E-state index is 10.3. The Bertz CT molecular complexity index is 322. The summed E-state index contributed by atoms with van der Waals surface area (Å²) in [6.45, 7) is 4.27. The molecule has 3 atom stereocenters. The van der Waals surface area contributed by atoms with Crippen molar-refractivity contribution >= 4 is 22.9 Å². The van der Waals surface area contributed by atoms with Gasteiger partial charge in [-0.3, -0.25) is 0 Å². The summed E-state index contributed by atoms with van der Waals surface area (Å²) >= 11 is 7.33. The van der Waals surface area contributed by atoms with Gasteiger partial charge in [-0.1, -0.05) is 25.4 Å². The van der Waals surface area contributed by atoms with Gasteiger partial charge in [0.15, 0.2) is 0 Å². The summed E-state index contributed by atoms with van der Waals surface area (Å²) in [6, 6.07) is 3.80. The van der Waals surface area contributed by atoms with Crippen LogP contribution >= 0.6 is 22.9 Å². The zero-order valence-corrected chi connectivity index (χ0v) is 9.32. The highest BCUT2D eigenvalue weighted by molar-refractivity contribution is 7.16. The summed E-state index contributed by atoms with van der Waals surface area (Å²) in [6.07, 6.45) is 0.866. The van der Waals surface area contributed by atoms with Crippen LogP contribution in [-0.4, -0.2) is 5.11 Å². The van der Waals surface area contributed by atoms with E-state index in [0.29, 0.717) is 11.8 Å². The third kappa shape index (κ3) is 1.32. The van der Waals surface area contributed by atoms with Gasteiger partial charge in [0.2, 0.25) is 0 Å². The van der Waals surface area contributed by atoms with E-state index in [-0.39, 0.29) is 0 Å². The molecular formula is C10H13ClOS. The monoisotopic (exact) mass is 216 g/mol. The van der Waals surface area contributed by atoms with Gasteiger partial charge in [-0.25, -0.2) is 0 Å². The summed E-state index contributed by atoms with van der Waals surface area (Å²) in [5.41, 5.74) is -0.600. The molecule has 2 rings (SSSR count). The van der Waals surface area contributed by atoms with Crippen LogP contribution in [0.25, 0.3) is 0 Å². The molecule has 1 N–H and O–H groups in total. The summed E-state index contributed by atoms with van der Waals surface area (Å²) in [5.74, 6) is 0.966. The normalized spacial score (nSPS) is 38.8. The van der Waals surface area contributed by atoms with Crippen molar-refractivity contribution in [1.82, 2.24) is 0 Å². The molecule has 0 saturated heterocycles. The van der Waals surface area contributed by atoms with E-state index in [0.717, 1.165) is 15.6 Å². The molecule has 0 amide bonds. The zero-order valence-electron chi connectivity index (χ0n) is 7.75. The molecule has 1 heterocycles. The van der Waals surface area contributed by atoms with Crippen molar-refractivity contribution in [3.63, 3.8) is 0 Å². The lowest BCUT2D eigenvalue weighted by Gasteiger charge is -2.48. The van der Waals surface area contributed by atoms with Crippen molar-refractivity contribution in [2.75, 3.05) is 0 Å². The van der Waals surface area contributed by atoms with Crippen molar-refractivity contribution in [3.8, 4) is 0 Å². The molecule has 1 saturated carbocycles. The van der Waals surface area contributed by atoms with E-state index >= 15 is 0 Å². The second kappa shape index (κ2) is 2.97. The van der Waals surface area contributed by atoms with Crippen LogP contribution in [0.4, 0.5) is 0 Å². The Hall–Kier alpha value is -0.0500. The number of thiophene rings is 1. The largest absolute Gasteiger partial charge is 0.384 e. The molecule has 1 fully saturated rings. The number of aliphatic hydroxyl groups is 1. The van der Waals surface area contributed by atoms with Crippen LogP contribution < -0.4 is 0 Å². The van der Waals surface area contributed by atoms with Gasteiger partial charge in [0.25, 0.3) is 0 Å². The maximum Gasteiger partial charge on any atom is 0.102 e. The molecule has 13 heavy (non-hydrogen) atoms. The van der Waals surface area contributed by atoms with E-state index in [1.807, 2.05) is 12.1 Å². The van der Waals surface area contributed by atoms with E-state index in [9.17, 15) is 5.11 Å². The molecular weight excluding hydrogens is 204 g/mol. The van der Waals surface area contributed by atoms with E-state index in [4.69, 9.17) is 11.6 Å². The van der Waals surface area contributed by atoms with Crippen molar-refractivity contribution in [2.45, 2.75) is 25.9 Å². The lowest BCUT2D eigenvalue weighted by molar-refractivity contribution is -0.129. The summed E-state index contributed by atoms with van der Waals surface area (Å²) in [7, 11) is 0. The molecule has 1 aromatic heterocycles. The molecule has 0 aliphatic heterocycles. The molecule has 0 radical (unpaired) electrons. The molecule has 72 valence electrons. The van der Waals surface area contributed by atoms with E-state index < -0.39 is 5.60 Å². The van der Waals surface area contributed by atoms with Gasteiger partial charge in [0.1, 0.15) is 5.60 Å². The Morgan fingerprint density at radius 2 is 2.23 bits per heavy atom. The standard InChI is InChI=1S/C10H13ClOS/c1-6-5-10(12,7(6)2)8-3-4-9(11)13-8/h3-4,6-7,12H,5H2,1-2H3. The summed E-state index contributed by atoms with van der Waals surface area (Å²) < 4.78 is 0.759. The first-order chi connectivity index (χ1) is 6.04. The van der Waals surface area contributed by atoms with Crippen molar-refractivity contribution in [1.29, 1.82) is 0 Å². The van der Waals surface area contributed by atoms with E-state index in [1.165, 1.54) is 11.3 Å². The second-order valence-corrected chi connectivity index (χ2v) is 5.71. The first kappa shape index (κ1) is 9.50. The Kier molecular flexibility index (Phi) is 2.17. The first-order valence-electron chi connectivity index (χ1n) is 4.52. The van der Waals surface area contributed by atoms with E-state index in [1.54, 1.807) is 0 Å². The smallest absolute Gasteiger partial charge is 0.102 e. The molecule has 1 nitrogen and oxygen atoms in total. The van der Waals surface area contributed by atoms with Crippen molar-refractivity contribution in [2.24, 2.45) is 11.8 Å². The molecule has 3 unspecified atom stereocenters. The lowest BCUT2D eigenvalue weighted by atomic mass is 9.62. The molecule has 0 bridgehead atoms. The molecule has 0 spiro atoms. The highest BCUT2D eigenvalue weighted by atomic mass is 35.5. The molecule has 1 aromatic rings. The molecule has 3 heteroatoms. The van der Waals surface area contributed by atoms with Gasteiger partial charge < -0.3 is 5.11 Å². The minimum atomic E-state index is -0.600. The average molecular weight is 217 g/mol. The van der Waals surface area contributed by atoms with Crippen LogP contribution in [0.5, 0.6) is 0 Å². The Morgan fingerprint density at radius 3 is 2.62 bits per heavy atom. The van der Waals surface area contributed by atoms with Crippen molar-refractivity contribution in [3.05, 3.63) is 21.3 Å². The Morgan fingerprint density at radius 1 is 1.54 bits per heavy atom. The highest BCUT2D eigenvalue weighted by Crippen LogP contribution is 2.52. The first-order valence-corrected chi connectivity index (χ1v) is 5.71. The van der Waals surface area contributed by atoms with Gasteiger partial charge in [-0.05, 0) is 30.4 Å². The SMILES string of the molecule is CC1CC(O)(c2ccc(Cl)s2)C1C. The van der Waals surface area contributed by atoms with Crippen LogP contribution in [0.2, 0.25) is 4.34 Å². The van der Waals surface area contributed by atoms with Crippen LogP contribution in [0.3, 0.4) is 0 Å². The van der Waals surface area contributed by atoms with E-state index in [2.05, 4.69) is 13.8 Å². The molecule has 1 aliphatic carbocycles. The van der Waals surface area contributed by atoms with Crippen LogP contribution in [0, 0.1) is 11.8 Å². The number of halogens is 1. The third-order valence-corrected chi connectivity index (χ3v) is 4.64. The van der Waals surface area contributed by atoms with Gasteiger partial charge in [-0.2, -0.15) is 0 Å². The van der Waals surface area contributed by atoms with Crippen LogP contribution in [0.1, 0.15) is 25.1 Å². The summed E-state index contributed by atoms with van der Waals surface area (Å²) in [5, 5.41) is 10.3. The van der Waals surface area contributed by atoms with Crippen molar-refractivity contribution < 1.29 is 5.11 Å². The predicted molar refractivity (Wildman–Crippen MR) is 56.2 cm³/mol. The number of rotatable bonds is 1. The minimum Gasteiger partial charge on any atom is -0.384 e. The minimum absolute atomic E-state index is 0.349. The fourth-order valence-electron chi connectivity index (χ4n) is 2.04. The third-order valence-electron chi connectivity index (χ3n) is 3.24. The second-order valence-electron chi connectivity index (χ2n) is 4.00.